The Kier molecular flexibility index (Phi) is 8.15. The van der Waals surface area contributed by atoms with E-state index < -0.39 is 5.25 Å². The Labute approximate surface area is 208 Å². The summed E-state index contributed by atoms with van der Waals surface area (Å²) in [5.74, 6) is -0.146. The van der Waals surface area contributed by atoms with Crippen molar-refractivity contribution in [3.8, 4) is 5.75 Å². The van der Waals surface area contributed by atoms with Crippen molar-refractivity contribution >= 4 is 40.1 Å². The molecule has 1 N–H and O–H groups in total. The van der Waals surface area contributed by atoms with Crippen LogP contribution in [0.15, 0.2) is 83.9 Å². The number of nitrogens with zero attached hydrogens (tertiary/aromatic N) is 2. The van der Waals surface area contributed by atoms with Crippen molar-refractivity contribution in [2.45, 2.75) is 24.5 Å². The highest BCUT2D eigenvalue weighted by atomic mass is 32.2. The third-order valence-corrected chi connectivity index (χ3v) is 6.72. The molecule has 1 aliphatic rings. The van der Waals surface area contributed by atoms with E-state index in [0.29, 0.717) is 28.8 Å². The summed E-state index contributed by atoms with van der Waals surface area (Å²) in [4.78, 5) is 32.4. The van der Waals surface area contributed by atoms with Gasteiger partial charge in [-0.1, -0.05) is 42.1 Å². The van der Waals surface area contributed by atoms with Crippen LogP contribution in [0.2, 0.25) is 0 Å². The fourth-order valence-electron chi connectivity index (χ4n) is 3.67. The molecule has 35 heavy (non-hydrogen) atoms. The number of carbonyl (C=O) groups is 2. The second-order valence-electron chi connectivity index (χ2n) is 8.03. The molecule has 0 spiro atoms. The topological polar surface area (TPSA) is 71.0 Å². The highest BCUT2D eigenvalue weighted by Crippen LogP contribution is 2.30. The van der Waals surface area contributed by atoms with Gasteiger partial charge in [-0.2, -0.15) is 0 Å². The van der Waals surface area contributed by atoms with Gasteiger partial charge < -0.3 is 10.1 Å². The number of anilines is 1. The fourth-order valence-corrected chi connectivity index (χ4v) is 4.80. The predicted octanol–water partition coefficient (Wildman–Crippen LogP) is 5.43. The molecular weight excluding hydrogens is 465 g/mol. The SMILES string of the molecule is COc1ccc(N=C2SC(C(=O)Nc3ccc(F)cc3)CC(=O)N2CCCc2ccccc2)cc1. The first-order valence-corrected chi connectivity index (χ1v) is 12.2. The van der Waals surface area contributed by atoms with Crippen LogP contribution in [0.25, 0.3) is 0 Å². The molecule has 6 nitrogen and oxygen atoms in total. The second-order valence-corrected chi connectivity index (χ2v) is 9.20. The van der Waals surface area contributed by atoms with Gasteiger partial charge in [0, 0.05) is 18.7 Å². The van der Waals surface area contributed by atoms with Crippen LogP contribution in [-0.4, -0.2) is 40.8 Å². The molecule has 0 aliphatic carbocycles. The summed E-state index contributed by atoms with van der Waals surface area (Å²) >= 11 is 1.26. The number of hydrogen-bond acceptors (Lipinski definition) is 5. The lowest BCUT2D eigenvalue weighted by Crippen LogP contribution is -2.45. The number of thioether (sulfide) groups is 1. The first-order valence-electron chi connectivity index (χ1n) is 11.3. The molecule has 8 heteroatoms. The maximum Gasteiger partial charge on any atom is 0.238 e. The van der Waals surface area contributed by atoms with Gasteiger partial charge >= 0.3 is 0 Å². The summed E-state index contributed by atoms with van der Waals surface area (Å²) in [7, 11) is 1.59. The third kappa shape index (κ3) is 6.70. The molecule has 0 saturated carbocycles. The zero-order chi connectivity index (χ0) is 24.6. The van der Waals surface area contributed by atoms with E-state index in [0.717, 1.165) is 12.8 Å². The van der Waals surface area contributed by atoms with Crippen LogP contribution in [0, 0.1) is 5.82 Å². The smallest absolute Gasteiger partial charge is 0.238 e. The number of aliphatic imine (C=N–C) groups is 1. The van der Waals surface area contributed by atoms with Gasteiger partial charge in [0.25, 0.3) is 0 Å². The summed E-state index contributed by atoms with van der Waals surface area (Å²) in [6.45, 7) is 0.502. The number of amides is 2. The molecule has 1 unspecified atom stereocenters. The minimum atomic E-state index is -0.644. The summed E-state index contributed by atoms with van der Waals surface area (Å²) in [5, 5.41) is 2.61. The molecule has 1 saturated heterocycles. The van der Waals surface area contributed by atoms with Crippen LogP contribution in [0.4, 0.5) is 15.8 Å². The Bertz CT molecular complexity index is 1180. The Hall–Kier alpha value is -3.65. The van der Waals surface area contributed by atoms with Crippen LogP contribution in [0.3, 0.4) is 0 Å². The first-order chi connectivity index (χ1) is 17.0. The molecule has 1 aliphatic heterocycles. The van der Waals surface area contributed by atoms with Crippen molar-refractivity contribution in [1.82, 2.24) is 4.90 Å². The quantitative estimate of drug-likeness (QED) is 0.456. The number of hydrogen-bond donors (Lipinski definition) is 1. The lowest BCUT2D eigenvalue weighted by Gasteiger charge is -2.32. The molecule has 1 heterocycles. The van der Waals surface area contributed by atoms with E-state index in [1.54, 1.807) is 36.3 Å². The minimum absolute atomic E-state index is 0.0602. The molecular formula is C27H26FN3O3S. The van der Waals surface area contributed by atoms with Crippen LogP contribution in [-0.2, 0) is 16.0 Å². The van der Waals surface area contributed by atoms with E-state index >= 15 is 0 Å². The minimum Gasteiger partial charge on any atom is -0.497 e. The molecule has 0 radical (unpaired) electrons. The Morgan fingerprint density at radius 3 is 2.49 bits per heavy atom. The van der Waals surface area contributed by atoms with E-state index in [1.807, 2.05) is 18.2 Å². The van der Waals surface area contributed by atoms with Crippen LogP contribution >= 0.6 is 11.8 Å². The van der Waals surface area contributed by atoms with Gasteiger partial charge in [0.1, 0.15) is 16.8 Å². The number of halogens is 1. The number of amidine groups is 1. The van der Waals surface area contributed by atoms with Gasteiger partial charge in [-0.3, -0.25) is 14.5 Å². The summed E-state index contributed by atoms with van der Waals surface area (Å²) < 4.78 is 18.4. The second kappa shape index (κ2) is 11.7. The molecule has 4 rings (SSSR count). The number of carbonyl (C=O) groups excluding carboxylic acids is 2. The molecule has 1 fully saturated rings. The van der Waals surface area contributed by atoms with Crippen LogP contribution < -0.4 is 10.1 Å². The van der Waals surface area contributed by atoms with Gasteiger partial charge in [0.05, 0.1) is 12.8 Å². The lowest BCUT2D eigenvalue weighted by atomic mass is 10.1. The van der Waals surface area contributed by atoms with E-state index in [9.17, 15) is 14.0 Å². The third-order valence-electron chi connectivity index (χ3n) is 5.53. The van der Waals surface area contributed by atoms with Crippen molar-refractivity contribution in [3.05, 3.63) is 90.2 Å². The molecule has 0 aromatic heterocycles. The normalized spacial score (nSPS) is 16.9. The highest BCUT2D eigenvalue weighted by Gasteiger charge is 2.35. The van der Waals surface area contributed by atoms with Crippen molar-refractivity contribution < 1.29 is 18.7 Å². The molecule has 180 valence electrons. The van der Waals surface area contributed by atoms with E-state index in [-0.39, 0.29) is 24.1 Å². The zero-order valence-electron chi connectivity index (χ0n) is 19.3. The van der Waals surface area contributed by atoms with E-state index in [4.69, 9.17) is 9.73 Å². The van der Waals surface area contributed by atoms with Crippen molar-refractivity contribution in [2.24, 2.45) is 4.99 Å². The van der Waals surface area contributed by atoms with Crippen molar-refractivity contribution in [2.75, 3.05) is 19.0 Å². The maximum atomic E-state index is 13.2. The van der Waals surface area contributed by atoms with Crippen LogP contribution in [0.1, 0.15) is 18.4 Å². The molecule has 0 bridgehead atoms. The Balaban J connectivity index is 1.51. The number of nitrogens with one attached hydrogen (secondary N) is 1. The molecule has 1 atom stereocenters. The number of methoxy groups -OCH3 is 1. The van der Waals surface area contributed by atoms with Crippen LogP contribution in [0.5, 0.6) is 5.75 Å². The van der Waals surface area contributed by atoms with Gasteiger partial charge in [-0.15, -0.1) is 0 Å². The Morgan fingerprint density at radius 2 is 1.80 bits per heavy atom. The molecule has 2 amide bonds. The monoisotopic (exact) mass is 491 g/mol. The fraction of sp³-hybridized carbons (Fsp3) is 0.222. The van der Waals surface area contributed by atoms with E-state index in [1.165, 1.54) is 41.6 Å². The standard InChI is InChI=1S/C27H26FN3O3S/c1-34-23-15-13-22(14-16-23)30-27-31(17-5-8-19-6-3-2-4-7-19)25(32)18-24(35-27)26(33)29-21-11-9-20(28)10-12-21/h2-4,6-7,9-16,24H,5,8,17-18H2,1H3,(H,29,33). The number of rotatable bonds is 8. The predicted molar refractivity (Wildman–Crippen MR) is 138 cm³/mol. The molecule has 3 aromatic carbocycles. The summed E-state index contributed by atoms with van der Waals surface area (Å²) in [5.41, 5.74) is 2.34. The number of aryl methyl sites for hydroxylation is 1. The number of benzene rings is 3. The van der Waals surface area contributed by atoms with Crippen molar-refractivity contribution in [1.29, 1.82) is 0 Å². The average molecular weight is 492 g/mol. The summed E-state index contributed by atoms with van der Waals surface area (Å²) in [6.07, 6.45) is 1.66. The average Bonchev–Trinajstić information content (AvgIpc) is 2.88. The van der Waals surface area contributed by atoms with Crippen molar-refractivity contribution in [3.63, 3.8) is 0 Å². The van der Waals surface area contributed by atoms with Gasteiger partial charge in [0.15, 0.2) is 5.17 Å². The van der Waals surface area contributed by atoms with E-state index in [2.05, 4.69) is 17.4 Å². The Morgan fingerprint density at radius 1 is 1.09 bits per heavy atom. The van der Waals surface area contributed by atoms with Gasteiger partial charge in [0.2, 0.25) is 11.8 Å². The largest absolute Gasteiger partial charge is 0.497 e. The van der Waals surface area contributed by atoms with Gasteiger partial charge in [-0.05, 0) is 66.9 Å². The summed E-state index contributed by atoms with van der Waals surface area (Å²) in [6, 6.07) is 22.9. The molecule has 3 aromatic rings. The zero-order valence-corrected chi connectivity index (χ0v) is 20.1. The number of ether oxygens (including phenoxy) is 1. The lowest BCUT2D eigenvalue weighted by molar-refractivity contribution is -0.129. The highest BCUT2D eigenvalue weighted by molar-refractivity contribution is 8.15. The first kappa shape index (κ1) is 24.5. The van der Waals surface area contributed by atoms with Gasteiger partial charge in [-0.25, -0.2) is 9.38 Å². The maximum absolute atomic E-state index is 13.2.